The molecule has 2 aromatic rings. The number of hydrogen-bond acceptors (Lipinski definition) is 4. The third-order valence-corrected chi connectivity index (χ3v) is 5.30. The Balaban J connectivity index is 0.00000341. The zero-order valence-corrected chi connectivity index (χ0v) is 21.1. The maximum atomic E-state index is 12.4. The van der Waals surface area contributed by atoms with Gasteiger partial charge in [-0.25, -0.2) is 9.48 Å². The van der Waals surface area contributed by atoms with Crippen molar-refractivity contribution < 1.29 is 4.74 Å². The fraction of sp³-hybridized carbons (Fsp3) is 0.591. The molecule has 1 aromatic carbocycles. The van der Waals surface area contributed by atoms with Gasteiger partial charge in [0.1, 0.15) is 11.6 Å². The normalized spacial score (nSPS) is 13.3. The Morgan fingerprint density at radius 2 is 2.13 bits per heavy atom. The van der Waals surface area contributed by atoms with Crippen molar-refractivity contribution >= 4 is 29.9 Å². The molecular weight excluding hydrogens is 507 g/mol. The largest absolute Gasteiger partial charge is 0.496 e. The molecule has 172 valence electrons. The lowest BCUT2D eigenvalue weighted by molar-refractivity contribution is 0.409. The van der Waals surface area contributed by atoms with Gasteiger partial charge in [-0.3, -0.25) is 9.56 Å². The first-order valence-corrected chi connectivity index (χ1v) is 10.9. The lowest BCUT2D eigenvalue weighted by atomic mass is 10.1. The van der Waals surface area contributed by atoms with Crippen LogP contribution in [0.1, 0.15) is 43.1 Å². The standard InChI is InChI=1S/C22H34N6O2.HI/c1-4-23-21(25-13-11-18-16-17(2)9-10-19(18)30-3)24-12-7-15-28-22(29)27-14-6-5-8-20(27)26-28;/h9-10,16H,4-8,11-15H2,1-3H3,(H2,23,24,25);1H. The predicted molar refractivity (Wildman–Crippen MR) is 135 cm³/mol. The van der Waals surface area contributed by atoms with Gasteiger partial charge in [-0.1, -0.05) is 17.7 Å². The molecule has 31 heavy (non-hydrogen) atoms. The zero-order chi connectivity index (χ0) is 21.3. The van der Waals surface area contributed by atoms with Gasteiger partial charge in [0, 0.05) is 39.1 Å². The van der Waals surface area contributed by atoms with E-state index < -0.39 is 0 Å². The van der Waals surface area contributed by atoms with Gasteiger partial charge < -0.3 is 15.4 Å². The second-order valence-electron chi connectivity index (χ2n) is 7.64. The predicted octanol–water partition coefficient (Wildman–Crippen LogP) is 2.50. The van der Waals surface area contributed by atoms with Crippen LogP contribution in [0.3, 0.4) is 0 Å². The van der Waals surface area contributed by atoms with Gasteiger partial charge in [-0.2, -0.15) is 5.10 Å². The van der Waals surface area contributed by atoms with E-state index in [1.807, 2.05) is 10.6 Å². The molecule has 0 unspecified atom stereocenters. The average molecular weight is 542 g/mol. The Morgan fingerprint density at radius 3 is 2.87 bits per heavy atom. The number of benzene rings is 1. The van der Waals surface area contributed by atoms with Gasteiger partial charge in [0.25, 0.3) is 0 Å². The van der Waals surface area contributed by atoms with Crippen LogP contribution in [0.5, 0.6) is 5.75 Å². The van der Waals surface area contributed by atoms with Gasteiger partial charge in [-0.15, -0.1) is 24.0 Å². The summed E-state index contributed by atoms with van der Waals surface area (Å²) < 4.78 is 8.87. The number of methoxy groups -OCH3 is 1. The monoisotopic (exact) mass is 542 g/mol. The maximum absolute atomic E-state index is 12.4. The third kappa shape index (κ3) is 6.98. The molecule has 0 aliphatic carbocycles. The van der Waals surface area contributed by atoms with Gasteiger partial charge >= 0.3 is 5.69 Å². The summed E-state index contributed by atoms with van der Waals surface area (Å²) in [6.07, 6.45) is 4.71. The summed E-state index contributed by atoms with van der Waals surface area (Å²) in [6, 6.07) is 6.23. The van der Waals surface area contributed by atoms with Crippen molar-refractivity contribution in [2.24, 2.45) is 4.99 Å². The van der Waals surface area contributed by atoms with E-state index in [0.29, 0.717) is 13.1 Å². The van der Waals surface area contributed by atoms with Gasteiger partial charge in [0.2, 0.25) is 0 Å². The number of hydrogen-bond donors (Lipinski definition) is 2. The Kier molecular flexibility index (Phi) is 10.4. The van der Waals surface area contributed by atoms with E-state index in [2.05, 4.69) is 46.7 Å². The number of halogens is 1. The maximum Gasteiger partial charge on any atom is 0.345 e. The molecule has 0 saturated carbocycles. The van der Waals surface area contributed by atoms with Gasteiger partial charge in [-0.05, 0) is 51.2 Å². The Bertz CT molecular complexity index is 921. The summed E-state index contributed by atoms with van der Waals surface area (Å²) in [5.74, 6) is 2.63. The topological polar surface area (TPSA) is 85.5 Å². The molecule has 0 radical (unpaired) electrons. The molecule has 9 heteroatoms. The van der Waals surface area contributed by atoms with Crippen LogP contribution in [-0.4, -0.2) is 47.1 Å². The highest BCUT2D eigenvalue weighted by Crippen LogP contribution is 2.19. The van der Waals surface area contributed by atoms with Crippen LogP contribution in [0.15, 0.2) is 28.0 Å². The van der Waals surface area contributed by atoms with E-state index in [9.17, 15) is 4.79 Å². The second kappa shape index (κ2) is 12.7. The number of nitrogens with zero attached hydrogens (tertiary/aromatic N) is 4. The Hall–Kier alpha value is -2.04. The summed E-state index contributed by atoms with van der Waals surface area (Å²) in [5, 5.41) is 11.1. The van der Waals surface area contributed by atoms with Crippen LogP contribution in [0.25, 0.3) is 0 Å². The van der Waals surface area contributed by atoms with Crippen molar-refractivity contribution in [3.8, 4) is 5.75 Å². The van der Waals surface area contributed by atoms with Crippen LogP contribution in [0.2, 0.25) is 0 Å². The summed E-state index contributed by atoms with van der Waals surface area (Å²) in [6.45, 7) is 7.73. The highest BCUT2D eigenvalue weighted by molar-refractivity contribution is 14.0. The Labute approximate surface area is 201 Å². The number of guanidine groups is 1. The fourth-order valence-corrected chi connectivity index (χ4v) is 3.77. The van der Waals surface area contributed by atoms with Crippen LogP contribution in [0.4, 0.5) is 0 Å². The minimum absolute atomic E-state index is 0. The van der Waals surface area contributed by atoms with Crippen molar-refractivity contribution in [3.05, 3.63) is 45.6 Å². The highest BCUT2D eigenvalue weighted by Gasteiger charge is 2.16. The third-order valence-electron chi connectivity index (χ3n) is 5.30. The van der Waals surface area contributed by atoms with Crippen molar-refractivity contribution in [3.63, 3.8) is 0 Å². The smallest absolute Gasteiger partial charge is 0.345 e. The average Bonchev–Trinajstić information content (AvgIpc) is 3.07. The fourth-order valence-electron chi connectivity index (χ4n) is 3.77. The first kappa shape index (κ1) is 25.2. The van der Waals surface area contributed by atoms with Crippen LogP contribution in [-0.2, 0) is 25.9 Å². The molecule has 0 amide bonds. The molecule has 0 atom stereocenters. The summed E-state index contributed by atoms with van der Waals surface area (Å²) >= 11 is 0. The highest BCUT2D eigenvalue weighted by atomic mass is 127. The zero-order valence-electron chi connectivity index (χ0n) is 18.8. The van der Waals surface area contributed by atoms with Crippen molar-refractivity contribution in [1.82, 2.24) is 25.0 Å². The first-order chi connectivity index (χ1) is 14.6. The van der Waals surface area contributed by atoms with E-state index in [1.54, 1.807) is 11.8 Å². The number of rotatable bonds is 9. The Morgan fingerprint density at radius 1 is 1.29 bits per heavy atom. The molecule has 1 aromatic heterocycles. The van der Waals surface area contributed by atoms with Gasteiger partial charge in [0.15, 0.2) is 5.96 Å². The van der Waals surface area contributed by atoms with Crippen LogP contribution >= 0.6 is 24.0 Å². The van der Waals surface area contributed by atoms with E-state index in [1.165, 1.54) is 11.1 Å². The molecule has 3 rings (SSSR count). The molecule has 0 saturated heterocycles. The van der Waals surface area contributed by atoms with Crippen molar-refractivity contribution in [1.29, 1.82) is 0 Å². The van der Waals surface area contributed by atoms with E-state index in [-0.39, 0.29) is 29.7 Å². The van der Waals surface area contributed by atoms with Crippen molar-refractivity contribution in [2.45, 2.75) is 59.0 Å². The SMILES string of the molecule is CCNC(=NCCCn1nc2n(c1=O)CCCC2)NCCc1cc(C)ccc1OC.I. The van der Waals surface area contributed by atoms with Crippen LogP contribution < -0.4 is 21.1 Å². The summed E-state index contributed by atoms with van der Waals surface area (Å²) in [7, 11) is 1.70. The number of aromatic nitrogens is 3. The molecule has 1 aliphatic rings. The molecule has 2 N–H and O–H groups in total. The molecule has 1 aliphatic heterocycles. The molecule has 0 spiro atoms. The number of aliphatic imine (C=N–C) groups is 1. The molecule has 2 heterocycles. The summed E-state index contributed by atoms with van der Waals surface area (Å²) in [4.78, 5) is 17.0. The lowest BCUT2D eigenvalue weighted by Crippen LogP contribution is -2.38. The number of nitrogens with one attached hydrogen (secondary N) is 2. The molecule has 0 bridgehead atoms. The lowest BCUT2D eigenvalue weighted by Gasteiger charge is -2.13. The van der Waals surface area contributed by atoms with E-state index >= 15 is 0 Å². The first-order valence-electron chi connectivity index (χ1n) is 10.9. The molecule has 0 fully saturated rings. The minimum Gasteiger partial charge on any atom is -0.496 e. The van der Waals surface area contributed by atoms with Gasteiger partial charge in [0.05, 0.1) is 7.11 Å². The number of aryl methyl sites for hydroxylation is 3. The summed E-state index contributed by atoms with van der Waals surface area (Å²) in [5.41, 5.74) is 2.43. The van der Waals surface area contributed by atoms with E-state index in [4.69, 9.17) is 4.74 Å². The number of fused-ring (bicyclic) bond motifs is 1. The number of ether oxygens (including phenoxy) is 1. The van der Waals surface area contributed by atoms with Crippen molar-refractivity contribution in [2.75, 3.05) is 26.7 Å². The quantitative estimate of drug-likeness (QED) is 0.220. The second-order valence-corrected chi connectivity index (χ2v) is 7.64. The van der Waals surface area contributed by atoms with Crippen LogP contribution in [0, 0.1) is 6.92 Å². The van der Waals surface area contributed by atoms with E-state index in [0.717, 1.165) is 69.3 Å². The molecule has 8 nitrogen and oxygen atoms in total. The minimum atomic E-state index is 0. The molecular formula is C22H35IN6O2.